The van der Waals surface area contributed by atoms with E-state index in [1.54, 1.807) is 43.5 Å². The van der Waals surface area contributed by atoms with Crippen molar-refractivity contribution in [1.29, 1.82) is 0 Å². The van der Waals surface area contributed by atoms with E-state index in [0.717, 1.165) is 0 Å². The Hall–Kier alpha value is -1.98. The molecule has 7 heteroatoms. The number of ether oxygens (including phenoxy) is 1. The lowest BCUT2D eigenvalue weighted by molar-refractivity contribution is 0.0512. The van der Waals surface area contributed by atoms with Crippen molar-refractivity contribution in [2.45, 2.75) is 34.2 Å². The highest BCUT2D eigenvalue weighted by Crippen LogP contribution is 2.31. The molecule has 1 aromatic carbocycles. The van der Waals surface area contributed by atoms with Gasteiger partial charge in [-0.1, -0.05) is 29.3 Å². The van der Waals surface area contributed by atoms with Crippen molar-refractivity contribution in [3.63, 3.8) is 0 Å². The number of rotatable bonds is 5. The molecule has 0 fully saturated rings. The monoisotopic (exact) mass is 382 g/mol. The van der Waals surface area contributed by atoms with E-state index >= 15 is 0 Å². The number of benzene rings is 1. The van der Waals surface area contributed by atoms with E-state index in [1.165, 1.54) is 0 Å². The molecule has 0 spiro atoms. The van der Waals surface area contributed by atoms with Crippen LogP contribution in [0.4, 0.5) is 5.69 Å². The Morgan fingerprint density at radius 3 is 2.48 bits per heavy atom. The zero-order valence-corrected chi connectivity index (χ0v) is 16.1. The van der Waals surface area contributed by atoms with Crippen molar-refractivity contribution >= 4 is 40.8 Å². The van der Waals surface area contributed by atoms with Gasteiger partial charge in [-0.2, -0.15) is 0 Å². The molecule has 0 bridgehead atoms. The molecule has 0 atom stereocenters. The van der Waals surface area contributed by atoms with Crippen LogP contribution in [-0.4, -0.2) is 23.1 Å². The maximum absolute atomic E-state index is 12.8. The lowest BCUT2D eigenvalue weighted by atomic mass is 10.1. The largest absolute Gasteiger partial charge is 0.461 e. The van der Waals surface area contributed by atoms with Crippen LogP contribution in [0.25, 0.3) is 0 Å². The Labute approximate surface area is 156 Å². The van der Waals surface area contributed by atoms with Crippen molar-refractivity contribution in [1.82, 2.24) is 4.57 Å². The topological polar surface area (TPSA) is 60.3 Å². The third-order valence-corrected chi connectivity index (χ3v) is 4.80. The zero-order chi connectivity index (χ0) is 18.7. The molecule has 1 N–H and O–H groups in total. The molecule has 0 aliphatic heterocycles. The number of nitrogens with one attached hydrogen (secondary N) is 1. The third kappa shape index (κ3) is 3.67. The van der Waals surface area contributed by atoms with E-state index in [1.807, 2.05) is 6.92 Å². The number of esters is 1. The first kappa shape index (κ1) is 19.3. The van der Waals surface area contributed by atoms with Crippen LogP contribution in [-0.2, 0) is 11.3 Å². The number of aromatic nitrogens is 1. The first-order valence-corrected chi connectivity index (χ1v) is 8.71. The van der Waals surface area contributed by atoms with Crippen molar-refractivity contribution in [3.8, 4) is 0 Å². The van der Waals surface area contributed by atoms with Gasteiger partial charge in [0.15, 0.2) is 0 Å². The van der Waals surface area contributed by atoms with Crippen LogP contribution in [0, 0.1) is 13.8 Å². The van der Waals surface area contributed by atoms with E-state index in [9.17, 15) is 9.59 Å². The maximum atomic E-state index is 12.8. The number of carbonyl (C=O) groups excluding carboxylic acids is 2. The van der Waals surface area contributed by atoms with Gasteiger partial charge in [-0.25, -0.2) is 4.79 Å². The smallest absolute Gasteiger partial charge is 0.355 e. The van der Waals surface area contributed by atoms with E-state index in [2.05, 4.69) is 5.32 Å². The Kier molecular flexibility index (Phi) is 6.14. The molecule has 0 radical (unpaired) electrons. The quantitative estimate of drug-likeness (QED) is 0.750. The predicted molar refractivity (Wildman–Crippen MR) is 100.0 cm³/mol. The SMILES string of the molecule is CCOC(=O)c1c(C)c(C(=O)Nc2cccc(Cl)c2Cl)c(C)n1CC. The highest BCUT2D eigenvalue weighted by atomic mass is 35.5. The van der Waals surface area contributed by atoms with E-state index in [-0.39, 0.29) is 17.5 Å². The minimum absolute atomic E-state index is 0.270. The zero-order valence-electron chi connectivity index (χ0n) is 14.6. The second-order valence-electron chi connectivity index (χ2n) is 5.45. The molecule has 25 heavy (non-hydrogen) atoms. The van der Waals surface area contributed by atoms with Crippen LogP contribution in [0.5, 0.6) is 0 Å². The summed E-state index contributed by atoms with van der Waals surface area (Å²) >= 11 is 12.1. The fraction of sp³-hybridized carbons (Fsp3) is 0.333. The average molecular weight is 383 g/mol. The number of carbonyl (C=O) groups is 2. The van der Waals surface area contributed by atoms with Crippen molar-refractivity contribution in [3.05, 3.63) is 50.8 Å². The molecule has 0 aliphatic carbocycles. The van der Waals surface area contributed by atoms with Gasteiger partial charge in [-0.05, 0) is 45.4 Å². The first-order chi connectivity index (χ1) is 11.8. The Bertz CT molecular complexity index is 828. The molecular weight excluding hydrogens is 363 g/mol. The van der Waals surface area contributed by atoms with Crippen LogP contribution < -0.4 is 5.32 Å². The molecular formula is C18H20Cl2N2O3. The summed E-state index contributed by atoms with van der Waals surface area (Å²) in [6.07, 6.45) is 0. The normalized spacial score (nSPS) is 10.6. The maximum Gasteiger partial charge on any atom is 0.355 e. The molecule has 1 amide bonds. The van der Waals surface area contributed by atoms with Crippen LogP contribution in [0.3, 0.4) is 0 Å². The van der Waals surface area contributed by atoms with E-state index < -0.39 is 5.97 Å². The van der Waals surface area contributed by atoms with Gasteiger partial charge in [0.2, 0.25) is 0 Å². The Morgan fingerprint density at radius 1 is 1.20 bits per heavy atom. The molecule has 0 aliphatic rings. The van der Waals surface area contributed by atoms with Crippen LogP contribution in [0.1, 0.15) is 46.0 Å². The number of hydrogen-bond acceptors (Lipinski definition) is 3. The van der Waals surface area contributed by atoms with Gasteiger partial charge in [0, 0.05) is 12.2 Å². The summed E-state index contributed by atoms with van der Waals surface area (Å²) in [5.41, 5.74) is 2.51. The number of anilines is 1. The third-order valence-electron chi connectivity index (χ3n) is 3.98. The van der Waals surface area contributed by atoms with E-state index in [4.69, 9.17) is 27.9 Å². The summed E-state index contributed by atoms with van der Waals surface area (Å²) in [7, 11) is 0. The Balaban J connectivity index is 2.46. The minimum Gasteiger partial charge on any atom is -0.461 e. The van der Waals surface area contributed by atoms with Gasteiger partial charge in [0.1, 0.15) is 5.69 Å². The van der Waals surface area contributed by atoms with Gasteiger partial charge < -0.3 is 14.6 Å². The molecule has 0 unspecified atom stereocenters. The molecule has 1 aromatic heterocycles. The van der Waals surface area contributed by atoms with Gasteiger partial charge in [0.25, 0.3) is 5.91 Å². The predicted octanol–water partition coefficient (Wildman–Crippen LogP) is 4.86. The molecule has 2 rings (SSSR count). The van der Waals surface area contributed by atoms with Gasteiger partial charge in [-0.3, -0.25) is 4.79 Å². The fourth-order valence-electron chi connectivity index (χ4n) is 2.87. The molecule has 134 valence electrons. The summed E-state index contributed by atoms with van der Waals surface area (Å²) in [6, 6.07) is 5.01. The second kappa shape index (κ2) is 7.93. The molecule has 0 saturated carbocycles. The molecule has 1 heterocycles. The van der Waals surface area contributed by atoms with Gasteiger partial charge >= 0.3 is 5.97 Å². The number of amides is 1. The number of hydrogen-bond donors (Lipinski definition) is 1. The standard InChI is InChI=1S/C18H20Cl2N2O3/c1-5-22-11(4)14(10(3)16(22)18(24)25-6-2)17(23)21-13-9-7-8-12(19)15(13)20/h7-9H,5-6H2,1-4H3,(H,21,23). The van der Waals surface area contributed by atoms with Crippen LogP contribution >= 0.6 is 23.2 Å². The molecule has 0 saturated heterocycles. The van der Waals surface area contributed by atoms with Crippen molar-refractivity contribution < 1.29 is 14.3 Å². The summed E-state index contributed by atoms with van der Waals surface area (Å²) in [6.45, 7) is 8.00. The number of nitrogens with zero attached hydrogens (tertiary/aromatic N) is 1. The number of halogens is 2. The average Bonchev–Trinajstić information content (AvgIpc) is 2.82. The first-order valence-electron chi connectivity index (χ1n) is 7.95. The van der Waals surface area contributed by atoms with Crippen molar-refractivity contribution in [2.75, 3.05) is 11.9 Å². The van der Waals surface area contributed by atoms with Crippen molar-refractivity contribution in [2.24, 2.45) is 0 Å². The summed E-state index contributed by atoms with van der Waals surface area (Å²) in [5.74, 6) is -0.790. The summed E-state index contributed by atoms with van der Waals surface area (Å²) in [5, 5.41) is 3.39. The molecule has 5 nitrogen and oxygen atoms in total. The van der Waals surface area contributed by atoms with Gasteiger partial charge in [0.05, 0.1) is 27.9 Å². The van der Waals surface area contributed by atoms with Crippen LogP contribution in [0.2, 0.25) is 10.0 Å². The van der Waals surface area contributed by atoms with Crippen LogP contribution in [0.15, 0.2) is 18.2 Å². The Morgan fingerprint density at radius 2 is 1.88 bits per heavy atom. The van der Waals surface area contributed by atoms with Gasteiger partial charge in [-0.15, -0.1) is 0 Å². The lowest BCUT2D eigenvalue weighted by Gasteiger charge is -2.09. The fourth-order valence-corrected chi connectivity index (χ4v) is 3.22. The van der Waals surface area contributed by atoms with E-state index in [0.29, 0.717) is 39.8 Å². The second-order valence-corrected chi connectivity index (χ2v) is 6.24. The highest BCUT2D eigenvalue weighted by Gasteiger charge is 2.27. The summed E-state index contributed by atoms with van der Waals surface area (Å²) in [4.78, 5) is 25.1. The summed E-state index contributed by atoms with van der Waals surface area (Å²) < 4.78 is 6.90. The molecule has 2 aromatic rings. The highest BCUT2D eigenvalue weighted by molar-refractivity contribution is 6.44. The lowest BCUT2D eigenvalue weighted by Crippen LogP contribution is -2.14. The minimum atomic E-state index is -0.440.